The molecule has 6 heteroatoms. The average molecular weight is 386 g/mol. The second kappa shape index (κ2) is 8.14. The van der Waals surface area contributed by atoms with Gasteiger partial charge < -0.3 is 15.5 Å². The van der Waals surface area contributed by atoms with Crippen LogP contribution in [0.25, 0.3) is 0 Å². The molecule has 0 aliphatic carbocycles. The van der Waals surface area contributed by atoms with E-state index in [9.17, 15) is 9.59 Å². The highest BCUT2D eigenvalue weighted by Gasteiger charge is 2.18. The number of hydrogen-bond donors (Lipinski definition) is 2. The van der Waals surface area contributed by atoms with Crippen LogP contribution in [0.4, 0.5) is 17.2 Å². The molecule has 3 aromatic rings. The van der Waals surface area contributed by atoms with E-state index in [4.69, 9.17) is 0 Å². The summed E-state index contributed by atoms with van der Waals surface area (Å²) in [5, 5.41) is 5.59. The zero-order valence-corrected chi connectivity index (χ0v) is 16.2. The molecule has 2 amide bonds. The van der Waals surface area contributed by atoms with Gasteiger partial charge in [0.1, 0.15) is 5.82 Å². The monoisotopic (exact) mass is 386 g/mol. The summed E-state index contributed by atoms with van der Waals surface area (Å²) < 4.78 is 0. The third-order valence-electron chi connectivity index (χ3n) is 4.93. The molecule has 1 aliphatic rings. The van der Waals surface area contributed by atoms with Crippen molar-refractivity contribution in [2.45, 2.75) is 19.9 Å². The van der Waals surface area contributed by atoms with E-state index in [2.05, 4.69) is 44.8 Å². The molecular weight excluding hydrogens is 364 g/mol. The Hall–Kier alpha value is -3.67. The van der Waals surface area contributed by atoms with Crippen LogP contribution in [0.15, 0.2) is 66.9 Å². The predicted molar refractivity (Wildman–Crippen MR) is 114 cm³/mol. The van der Waals surface area contributed by atoms with Crippen molar-refractivity contribution in [3.8, 4) is 0 Å². The number of carbonyl (C=O) groups excluding carboxylic acids is 2. The molecular formula is C23H22N4O2. The average Bonchev–Trinajstić information content (AvgIpc) is 2.74. The quantitative estimate of drug-likeness (QED) is 0.714. The molecule has 2 heterocycles. The number of anilines is 3. The van der Waals surface area contributed by atoms with Crippen molar-refractivity contribution in [3.05, 3.63) is 83.6 Å². The number of nitrogens with one attached hydrogen (secondary N) is 2. The Bertz CT molecular complexity index is 1050. The largest absolute Gasteiger partial charge is 0.352 e. The number of fused-ring (bicyclic) bond motifs is 1. The Balaban J connectivity index is 1.46. The van der Waals surface area contributed by atoms with Crippen LogP contribution in [0.2, 0.25) is 0 Å². The number of carbonyl (C=O) groups is 2. The summed E-state index contributed by atoms with van der Waals surface area (Å²) in [6, 6.07) is 19.0. The molecule has 1 aliphatic heterocycles. The lowest BCUT2D eigenvalue weighted by molar-refractivity contribution is -0.114. The molecule has 0 bridgehead atoms. The minimum absolute atomic E-state index is 0.133. The maximum Gasteiger partial charge on any atom is 0.255 e. The SMILES string of the molecule is CC(=O)Nc1ccc(NC(=O)c2ccnc(N3CCc4ccccc4C3)c2)cc1. The molecule has 0 spiro atoms. The lowest BCUT2D eigenvalue weighted by Gasteiger charge is -2.29. The van der Waals surface area contributed by atoms with Crippen LogP contribution in [0.3, 0.4) is 0 Å². The number of amides is 2. The van der Waals surface area contributed by atoms with Crippen LogP contribution in [0.5, 0.6) is 0 Å². The zero-order valence-electron chi connectivity index (χ0n) is 16.2. The van der Waals surface area contributed by atoms with Crippen LogP contribution in [-0.4, -0.2) is 23.3 Å². The molecule has 6 nitrogen and oxygen atoms in total. The first-order chi connectivity index (χ1) is 14.1. The van der Waals surface area contributed by atoms with E-state index < -0.39 is 0 Å². The van der Waals surface area contributed by atoms with Crippen LogP contribution in [-0.2, 0) is 17.8 Å². The number of hydrogen-bond acceptors (Lipinski definition) is 4. The van der Waals surface area contributed by atoms with Crippen LogP contribution >= 0.6 is 0 Å². The topological polar surface area (TPSA) is 74.3 Å². The zero-order chi connectivity index (χ0) is 20.2. The fraction of sp³-hybridized carbons (Fsp3) is 0.174. The molecule has 146 valence electrons. The van der Waals surface area contributed by atoms with Crippen LogP contribution in [0.1, 0.15) is 28.4 Å². The lowest BCUT2D eigenvalue weighted by atomic mass is 10.00. The summed E-state index contributed by atoms with van der Waals surface area (Å²) in [5.74, 6) is 0.470. The van der Waals surface area contributed by atoms with Crippen LogP contribution < -0.4 is 15.5 Å². The smallest absolute Gasteiger partial charge is 0.255 e. The number of pyridine rings is 1. The number of aromatic nitrogens is 1. The minimum atomic E-state index is -0.196. The minimum Gasteiger partial charge on any atom is -0.352 e. The second-order valence-corrected chi connectivity index (χ2v) is 7.06. The predicted octanol–water partition coefficient (Wildman–Crippen LogP) is 3.86. The van der Waals surface area contributed by atoms with Crippen molar-refractivity contribution in [2.75, 3.05) is 22.1 Å². The first kappa shape index (κ1) is 18.7. The maximum atomic E-state index is 12.7. The molecule has 0 fully saturated rings. The van der Waals surface area contributed by atoms with Gasteiger partial charge in [-0.25, -0.2) is 4.98 Å². The summed E-state index contributed by atoms with van der Waals surface area (Å²) >= 11 is 0. The van der Waals surface area contributed by atoms with E-state index in [0.717, 1.165) is 25.3 Å². The van der Waals surface area contributed by atoms with Gasteiger partial charge in [-0.15, -0.1) is 0 Å². The second-order valence-electron chi connectivity index (χ2n) is 7.06. The molecule has 4 rings (SSSR count). The third-order valence-corrected chi connectivity index (χ3v) is 4.93. The van der Waals surface area contributed by atoms with Gasteiger partial charge in [0.2, 0.25) is 5.91 Å². The van der Waals surface area contributed by atoms with Crippen molar-refractivity contribution in [2.24, 2.45) is 0 Å². The summed E-state index contributed by atoms with van der Waals surface area (Å²) in [6.07, 6.45) is 2.64. The Labute approximate surface area is 169 Å². The summed E-state index contributed by atoms with van der Waals surface area (Å²) in [7, 11) is 0. The van der Waals surface area contributed by atoms with Gasteiger partial charge in [0.25, 0.3) is 5.91 Å². The molecule has 2 N–H and O–H groups in total. The molecule has 2 aromatic carbocycles. The van der Waals surface area contributed by atoms with E-state index in [1.54, 1.807) is 36.5 Å². The summed E-state index contributed by atoms with van der Waals surface area (Å²) in [4.78, 5) is 30.4. The first-order valence-corrected chi connectivity index (χ1v) is 9.55. The highest BCUT2D eigenvalue weighted by molar-refractivity contribution is 6.04. The van der Waals surface area contributed by atoms with Gasteiger partial charge in [-0.1, -0.05) is 24.3 Å². The van der Waals surface area contributed by atoms with E-state index in [-0.39, 0.29) is 11.8 Å². The first-order valence-electron chi connectivity index (χ1n) is 9.55. The van der Waals surface area contributed by atoms with E-state index >= 15 is 0 Å². The molecule has 0 saturated carbocycles. The van der Waals surface area contributed by atoms with Crippen molar-refractivity contribution < 1.29 is 9.59 Å². The van der Waals surface area contributed by atoms with Crippen molar-refractivity contribution in [3.63, 3.8) is 0 Å². The number of rotatable bonds is 4. The van der Waals surface area contributed by atoms with Crippen molar-refractivity contribution in [1.29, 1.82) is 0 Å². The van der Waals surface area contributed by atoms with Crippen LogP contribution in [0, 0.1) is 0 Å². The van der Waals surface area contributed by atoms with Gasteiger partial charge in [-0.3, -0.25) is 9.59 Å². The van der Waals surface area contributed by atoms with Crippen molar-refractivity contribution in [1.82, 2.24) is 4.98 Å². The fourth-order valence-corrected chi connectivity index (χ4v) is 3.47. The Kier molecular flexibility index (Phi) is 5.24. The van der Waals surface area contributed by atoms with Gasteiger partial charge in [-0.05, 0) is 53.9 Å². The number of nitrogens with zero attached hydrogens (tertiary/aromatic N) is 2. The lowest BCUT2D eigenvalue weighted by Crippen LogP contribution is -2.31. The number of benzene rings is 2. The van der Waals surface area contributed by atoms with Gasteiger partial charge in [0.15, 0.2) is 0 Å². The highest BCUT2D eigenvalue weighted by Crippen LogP contribution is 2.24. The molecule has 0 radical (unpaired) electrons. The molecule has 0 unspecified atom stereocenters. The Morgan fingerprint density at radius 1 is 0.931 bits per heavy atom. The maximum absolute atomic E-state index is 12.7. The fourth-order valence-electron chi connectivity index (χ4n) is 3.47. The normalized spacial score (nSPS) is 12.8. The Morgan fingerprint density at radius 3 is 2.34 bits per heavy atom. The van der Waals surface area contributed by atoms with Crippen molar-refractivity contribution >= 4 is 29.0 Å². The van der Waals surface area contributed by atoms with E-state index in [1.165, 1.54) is 18.1 Å². The van der Waals surface area contributed by atoms with E-state index in [0.29, 0.717) is 16.9 Å². The third kappa shape index (κ3) is 4.43. The van der Waals surface area contributed by atoms with Gasteiger partial charge >= 0.3 is 0 Å². The standard InChI is InChI=1S/C23H22N4O2/c1-16(28)25-20-6-8-21(9-7-20)26-23(29)18-10-12-24-22(14-18)27-13-11-17-4-2-3-5-19(17)15-27/h2-10,12,14H,11,13,15H2,1H3,(H,25,28)(H,26,29). The molecule has 1 aromatic heterocycles. The molecule has 0 atom stereocenters. The molecule has 0 saturated heterocycles. The summed E-state index contributed by atoms with van der Waals surface area (Å²) in [6.45, 7) is 3.12. The summed E-state index contributed by atoms with van der Waals surface area (Å²) in [5.41, 5.74) is 4.58. The van der Waals surface area contributed by atoms with E-state index in [1.807, 2.05) is 6.07 Å². The highest BCUT2D eigenvalue weighted by atomic mass is 16.2. The molecule has 29 heavy (non-hydrogen) atoms. The Morgan fingerprint density at radius 2 is 1.62 bits per heavy atom. The van der Waals surface area contributed by atoms with Gasteiger partial charge in [0, 0.05) is 43.1 Å². The van der Waals surface area contributed by atoms with Gasteiger partial charge in [-0.2, -0.15) is 0 Å². The van der Waals surface area contributed by atoms with Gasteiger partial charge in [0.05, 0.1) is 0 Å².